The number of ether oxygens (including phenoxy) is 1. The Balaban J connectivity index is 2.09. The van der Waals surface area contributed by atoms with Gasteiger partial charge >= 0.3 is 5.97 Å². The summed E-state index contributed by atoms with van der Waals surface area (Å²) >= 11 is 0. The summed E-state index contributed by atoms with van der Waals surface area (Å²) in [6.45, 7) is -0.530. The van der Waals surface area contributed by atoms with E-state index in [1.807, 2.05) is 18.2 Å². The Hall–Kier alpha value is -1.35. The van der Waals surface area contributed by atoms with Gasteiger partial charge in [0.25, 0.3) is 0 Å². The minimum atomic E-state index is -0.530. The van der Waals surface area contributed by atoms with Gasteiger partial charge in [-0.15, -0.1) is 0 Å². The molecule has 2 rings (SSSR count). The first kappa shape index (κ1) is 12.1. The SMILES string of the molecule is O=C(CO)O[C@@H]1CCCC[C@H]1c1ccccc1. The summed E-state index contributed by atoms with van der Waals surface area (Å²) in [5.41, 5.74) is 1.22. The van der Waals surface area contributed by atoms with E-state index in [0.717, 1.165) is 19.3 Å². The quantitative estimate of drug-likeness (QED) is 0.816. The minimum absolute atomic E-state index is 0.0780. The summed E-state index contributed by atoms with van der Waals surface area (Å²) in [6.07, 6.45) is 4.13. The van der Waals surface area contributed by atoms with E-state index >= 15 is 0 Å². The first-order chi connectivity index (χ1) is 8.31. The number of aliphatic hydroxyl groups is 1. The van der Waals surface area contributed by atoms with Crippen LogP contribution in [0.2, 0.25) is 0 Å². The first-order valence-corrected chi connectivity index (χ1v) is 6.16. The van der Waals surface area contributed by atoms with Gasteiger partial charge in [-0.2, -0.15) is 0 Å². The second kappa shape index (κ2) is 5.82. The van der Waals surface area contributed by atoms with Crippen molar-refractivity contribution in [1.29, 1.82) is 0 Å². The average molecular weight is 234 g/mol. The zero-order valence-electron chi connectivity index (χ0n) is 9.84. The van der Waals surface area contributed by atoms with Crippen LogP contribution in [-0.2, 0) is 9.53 Å². The molecule has 0 aromatic heterocycles. The lowest BCUT2D eigenvalue weighted by Gasteiger charge is -2.31. The van der Waals surface area contributed by atoms with Crippen molar-refractivity contribution in [2.45, 2.75) is 37.7 Å². The zero-order chi connectivity index (χ0) is 12.1. The fourth-order valence-corrected chi connectivity index (χ4v) is 2.53. The van der Waals surface area contributed by atoms with Crippen LogP contribution in [0, 0.1) is 0 Å². The highest BCUT2D eigenvalue weighted by Gasteiger charge is 2.29. The molecular formula is C14H18O3. The first-order valence-electron chi connectivity index (χ1n) is 6.16. The highest BCUT2D eigenvalue weighted by Crippen LogP contribution is 2.34. The molecule has 1 aliphatic rings. The maximum atomic E-state index is 11.2. The molecule has 1 fully saturated rings. The van der Waals surface area contributed by atoms with Crippen molar-refractivity contribution in [1.82, 2.24) is 0 Å². The minimum Gasteiger partial charge on any atom is -0.460 e. The van der Waals surface area contributed by atoms with Gasteiger partial charge in [0.2, 0.25) is 0 Å². The number of carbonyl (C=O) groups is 1. The summed E-state index contributed by atoms with van der Waals surface area (Å²) in [6, 6.07) is 10.2. The van der Waals surface area contributed by atoms with Crippen molar-refractivity contribution < 1.29 is 14.6 Å². The van der Waals surface area contributed by atoms with Crippen LogP contribution in [0.25, 0.3) is 0 Å². The fourth-order valence-electron chi connectivity index (χ4n) is 2.53. The van der Waals surface area contributed by atoms with E-state index in [2.05, 4.69) is 12.1 Å². The van der Waals surface area contributed by atoms with Crippen molar-refractivity contribution in [3.63, 3.8) is 0 Å². The Kier molecular flexibility index (Phi) is 4.15. The van der Waals surface area contributed by atoms with E-state index in [9.17, 15) is 4.79 Å². The molecule has 0 unspecified atom stereocenters. The van der Waals surface area contributed by atoms with Crippen molar-refractivity contribution in [3.8, 4) is 0 Å². The van der Waals surface area contributed by atoms with Gasteiger partial charge < -0.3 is 9.84 Å². The predicted molar refractivity (Wildman–Crippen MR) is 64.6 cm³/mol. The van der Waals surface area contributed by atoms with E-state index < -0.39 is 12.6 Å². The van der Waals surface area contributed by atoms with Crippen LogP contribution in [0.15, 0.2) is 30.3 Å². The van der Waals surface area contributed by atoms with E-state index in [1.165, 1.54) is 12.0 Å². The largest absolute Gasteiger partial charge is 0.460 e. The molecule has 92 valence electrons. The highest BCUT2D eigenvalue weighted by molar-refractivity contribution is 5.70. The molecule has 0 heterocycles. The van der Waals surface area contributed by atoms with E-state index in [4.69, 9.17) is 9.84 Å². The number of hydrogen-bond acceptors (Lipinski definition) is 3. The van der Waals surface area contributed by atoms with Crippen LogP contribution >= 0.6 is 0 Å². The summed E-state index contributed by atoms with van der Waals surface area (Å²) in [4.78, 5) is 11.2. The van der Waals surface area contributed by atoms with Gasteiger partial charge in [0.1, 0.15) is 12.7 Å². The van der Waals surface area contributed by atoms with Crippen molar-refractivity contribution in [2.75, 3.05) is 6.61 Å². The Morgan fingerprint density at radius 1 is 1.24 bits per heavy atom. The summed E-state index contributed by atoms with van der Waals surface area (Å²) in [7, 11) is 0. The van der Waals surface area contributed by atoms with Gasteiger partial charge in [0, 0.05) is 5.92 Å². The number of benzene rings is 1. The van der Waals surface area contributed by atoms with E-state index in [0.29, 0.717) is 0 Å². The third-order valence-corrected chi connectivity index (χ3v) is 3.34. The van der Waals surface area contributed by atoms with Crippen LogP contribution in [0.5, 0.6) is 0 Å². The number of hydrogen-bond donors (Lipinski definition) is 1. The van der Waals surface area contributed by atoms with Gasteiger partial charge in [-0.3, -0.25) is 0 Å². The molecule has 0 spiro atoms. The van der Waals surface area contributed by atoms with Gasteiger partial charge in [-0.25, -0.2) is 4.79 Å². The zero-order valence-corrected chi connectivity index (χ0v) is 9.84. The molecule has 1 saturated carbocycles. The lowest BCUT2D eigenvalue weighted by Crippen LogP contribution is -2.29. The molecule has 3 heteroatoms. The lowest BCUT2D eigenvalue weighted by molar-refractivity contribution is -0.154. The van der Waals surface area contributed by atoms with Crippen LogP contribution < -0.4 is 0 Å². The highest BCUT2D eigenvalue weighted by atomic mass is 16.6. The number of esters is 1. The molecule has 1 aliphatic carbocycles. The maximum Gasteiger partial charge on any atom is 0.332 e. The summed E-state index contributed by atoms with van der Waals surface area (Å²) in [5.74, 6) is -0.238. The molecule has 1 N–H and O–H groups in total. The normalized spacial score (nSPS) is 24.3. The van der Waals surface area contributed by atoms with Gasteiger partial charge in [0.05, 0.1) is 0 Å². The molecule has 0 bridgehead atoms. The predicted octanol–water partition coefficient (Wildman–Crippen LogP) is 2.25. The van der Waals surface area contributed by atoms with Gasteiger partial charge in [-0.05, 0) is 24.8 Å². The van der Waals surface area contributed by atoms with Crippen LogP contribution in [-0.4, -0.2) is 23.8 Å². The van der Waals surface area contributed by atoms with Crippen molar-refractivity contribution in [2.24, 2.45) is 0 Å². The Morgan fingerprint density at radius 3 is 2.65 bits per heavy atom. The fraction of sp³-hybridized carbons (Fsp3) is 0.500. The van der Waals surface area contributed by atoms with Crippen LogP contribution in [0.4, 0.5) is 0 Å². The topological polar surface area (TPSA) is 46.5 Å². The van der Waals surface area contributed by atoms with E-state index in [1.54, 1.807) is 0 Å². The van der Waals surface area contributed by atoms with Crippen molar-refractivity contribution >= 4 is 5.97 Å². The summed E-state index contributed by atoms with van der Waals surface area (Å²) in [5, 5.41) is 8.75. The molecule has 0 aliphatic heterocycles. The number of rotatable bonds is 3. The molecule has 1 aromatic rings. The molecule has 2 atom stereocenters. The Labute approximate surface area is 101 Å². The number of carbonyl (C=O) groups excluding carboxylic acids is 1. The molecule has 1 aromatic carbocycles. The average Bonchev–Trinajstić information content (AvgIpc) is 2.40. The maximum absolute atomic E-state index is 11.2. The molecule has 0 saturated heterocycles. The smallest absolute Gasteiger partial charge is 0.332 e. The molecule has 3 nitrogen and oxygen atoms in total. The number of aliphatic hydroxyl groups excluding tert-OH is 1. The molecule has 17 heavy (non-hydrogen) atoms. The van der Waals surface area contributed by atoms with Gasteiger partial charge in [-0.1, -0.05) is 36.8 Å². The third-order valence-electron chi connectivity index (χ3n) is 3.34. The Bertz CT molecular complexity index is 361. The van der Waals surface area contributed by atoms with Crippen LogP contribution in [0.1, 0.15) is 37.2 Å². The van der Waals surface area contributed by atoms with Crippen molar-refractivity contribution in [3.05, 3.63) is 35.9 Å². The lowest BCUT2D eigenvalue weighted by atomic mass is 9.81. The van der Waals surface area contributed by atoms with Crippen LogP contribution in [0.3, 0.4) is 0 Å². The van der Waals surface area contributed by atoms with Gasteiger partial charge in [0.15, 0.2) is 0 Å². The monoisotopic (exact) mass is 234 g/mol. The second-order valence-electron chi connectivity index (χ2n) is 4.49. The third kappa shape index (κ3) is 3.07. The Morgan fingerprint density at radius 2 is 1.94 bits per heavy atom. The second-order valence-corrected chi connectivity index (χ2v) is 4.49. The molecular weight excluding hydrogens is 216 g/mol. The van der Waals surface area contributed by atoms with E-state index in [-0.39, 0.29) is 12.0 Å². The summed E-state index contributed by atoms with van der Waals surface area (Å²) < 4.78 is 5.32. The molecule has 0 amide bonds. The standard InChI is InChI=1S/C14H18O3/c15-10-14(16)17-13-9-5-4-8-12(13)11-6-2-1-3-7-11/h1-3,6-7,12-13,15H,4-5,8-10H2/t12-,13+/m0/s1. The molecule has 0 radical (unpaired) electrons.